The molecule has 2 atom stereocenters. The van der Waals surface area contributed by atoms with Crippen LogP contribution in [0.15, 0.2) is 18.2 Å². The molecule has 20 heavy (non-hydrogen) atoms. The highest BCUT2D eigenvalue weighted by molar-refractivity contribution is 6.30. The van der Waals surface area contributed by atoms with Gasteiger partial charge in [-0.1, -0.05) is 11.6 Å². The molecule has 0 aliphatic carbocycles. The van der Waals surface area contributed by atoms with E-state index in [-0.39, 0.29) is 17.2 Å². The van der Waals surface area contributed by atoms with E-state index in [1.165, 1.54) is 12.1 Å². The minimum absolute atomic E-state index is 0.115. The quantitative estimate of drug-likeness (QED) is 0.469. The first-order valence-electron chi connectivity index (χ1n) is 5.82. The number of nitrogens with zero attached hydrogens (tertiary/aromatic N) is 1. The summed E-state index contributed by atoms with van der Waals surface area (Å²) in [5.41, 5.74) is -0.538. The summed E-state index contributed by atoms with van der Waals surface area (Å²) in [5.74, 6) is -0.698. The van der Waals surface area contributed by atoms with Gasteiger partial charge in [0.15, 0.2) is 0 Å². The average Bonchev–Trinajstić information content (AvgIpc) is 2.37. The number of carbonyl (C=O) groups excluding carboxylic acids is 1. The fraction of sp³-hybridized carbons (Fsp3) is 0.417. The summed E-state index contributed by atoms with van der Waals surface area (Å²) < 4.78 is 4.63. The summed E-state index contributed by atoms with van der Waals surface area (Å²) in [6.07, 6.45) is -3.56. The van der Waals surface area contributed by atoms with E-state index in [0.29, 0.717) is 0 Å². The van der Waals surface area contributed by atoms with Crippen LogP contribution in [0, 0.1) is 10.1 Å². The van der Waals surface area contributed by atoms with Crippen LogP contribution in [0.5, 0.6) is 0 Å². The molecule has 0 radical (unpaired) electrons. The molecule has 1 aromatic carbocycles. The maximum atomic E-state index is 11.2. The number of hydrogen-bond donors (Lipinski definition) is 2. The summed E-state index contributed by atoms with van der Waals surface area (Å²) >= 11 is 5.65. The highest BCUT2D eigenvalue weighted by Crippen LogP contribution is 2.30. The first kappa shape index (κ1) is 16.4. The Morgan fingerprint density at radius 2 is 2.15 bits per heavy atom. The third-order valence-electron chi connectivity index (χ3n) is 2.55. The fourth-order valence-electron chi connectivity index (χ4n) is 1.63. The molecule has 0 saturated carbocycles. The maximum Gasteiger partial charge on any atom is 0.308 e. The lowest BCUT2D eigenvalue weighted by atomic mass is 10.0. The number of esters is 1. The molecule has 8 heteroatoms. The summed E-state index contributed by atoms with van der Waals surface area (Å²) in [7, 11) is 0. The Morgan fingerprint density at radius 1 is 1.50 bits per heavy atom. The number of nitro benzene ring substituents is 1. The SMILES string of the molecule is CCOC(=O)CC(O)C(O)c1ccc(Cl)cc1[N+](=O)[O-]. The van der Waals surface area contributed by atoms with Crippen molar-refractivity contribution in [2.24, 2.45) is 0 Å². The van der Waals surface area contributed by atoms with E-state index in [1.807, 2.05) is 0 Å². The Morgan fingerprint density at radius 3 is 2.70 bits per heavy atom. The second-order valence-electron chi connectivity index (χ2n) is 3.98. The van der Waals surface area contributed by atoms with E-state index >= 15 is 0 Å². The molecule has 0 fully saturated rings. The van der Waals surface area contributed by atoms with Gasteiger partial charge in [0.2, 0.25) is 0 Å². The minimum Gasteiger partial charge on any atom is -0.466 e. The Hall–Kier alpha value is -1.70. The summed E-state index contributed by atoms with van der Waals surface area (Å²) in [4.78, 5) is 21.4. The lowest BCUT2D eigenvalue weighted by Gasteiger charge is -2.17. The van der Waals surface area contributed by atoms with Gasteiger partial charge in [-0.2, -0.15) is 0 Å². The first-order valence-corrected chi connectivity index (χ1v) is 6.20. The van der Waals surface area contributed by atoms with Gasteiger partial charge in [0.1, 0.15) is 6.10 Å². The lowest BCUT2D eigenvalue weighted by molar-refractivity contribution is -0.386. The Balaban J connectivity index is 2.93. The van der Waals surface area contributed by atoms with Crippen molar-refractivity contribution >= 4 is 23.3 Å². The number of hydrogen-bond acceptors (Lipinski definition) is 6. The van der Waals surface area contributed by atoms with Crippen LogP contribution in [-0.2, 0) is 9.53 Å². The second-order valence-corrected chi connectivity index (χ2v) is 4.42. The normalized spacial score (nSPS) is 13.6. The van der Waals surface area contributed by atoms with Gasteiger partial charge in [0.05, 0.1) is 29.6 Å². The number of carbonyl (C=O) groups is 1. The standard InChI is InChI=1S/C12H14ClNO6/c1-2-20-11(16)6-10(15)12(17)8-4-3-7(13)5-9(8)14(18)19/h3-5,10,12,15,17H,2,6H2,1H3. The molecular weight excluding hydrogens is 290 g/mol. The number of halogens is 1. The van der Waals surface area contributed by atoms with Crippen LogP contribution in [0.25, 0.3) is 0 Å². The van der Waals surface area contributed by atoms with Crippen LogP contribution < -0.4 is 0 Å². The van der Waals surface area contributed by atoms with Gasteiger partial charge in [-0.15, -0.1) is 0 Å². The molecule has 110 valence electrons. The van der Waals surface area contributed by atoms with Crippen molar-refractivity contribution in [2.45, 2.75) is 25.6 Å². The molecule has 0 amide bonds. The largest absolute Gasteiger partial charge is 0.466 e. The number of rotatable bonds is 6. The van der Waals surface area contributed by atoms with E-state index < -0.39 is 35.2 Å². The molecule has 2 N–H and O–H groups in total. The molecule has 0 spiro atoms. The van der Waals surface area contributed by atoms with Crippen molar-refractivity contribution in [1.29, 1.82) is 0 Å². The molecule has 1 rings (SSSR count). The van der Waals surface area contributed by atoms with Crippen molar-refractivity contribution in [2.75, 3.05) is 6.61 Å². The van der Waals surface area contributed by atoms with Gasteiger partial charge >= 0.3 is 5.97 Å². The van der Waals surface area contributed by atoms with Crippen LogP contribution in [0.3, 0.4) is 0 Å². The van der Waals surface area contributed by atoms with Gasteiger partial charge in [0, 0.05) is 11.1 Å². The average molecular weight is 304 g/mol. The zero-order chi connectivity index (χ0) is 15.3. The Kier molecular flexibility index (Phi) is 5.87. The predicted octanol–water partition coefficient (Wildman–Crippen LogP) is 1.60. The van der Waals surface area contributed by atoms with Gasteiger partial charge in [-0.05, 0) is 19.1 Å². The third-order valence-corrected chi connectivity index (χ3v) is 2.79. The van der Waals surface area contributed by atoms with Gasteiger partial charge in [-0.25, -0.2) is 0 Å². The molecule has 0 heterocycles. The molecule has 0 aliphatic rings. The number of aliphatic hydroxyl groups is 2. The number of nitro groups is 1. The van der Waals surface area contributed by atoms with Crippen molar-refractivity contribution in [3.05, 3.63) is 38.9 Å². The van der Waals surface area contributed by atoms with Crippen molar-refractivity contribution in [3.63, 3.8) is 0 Å². The molecular formula is C12H14ClNO6. The monoisotopic (exact) mass is 303 g/mol. The van der Waals surface area contributed by atoms with Crippen LogP contribution in [0.2, 0.25) is 5.02 Å². The van der Waals surface area contributed by atoms with E-state index in [1.54, 1.807) is 6.92 Å². The van der Waals surface area contributed by atoms with Crippen molar-refractivity contribution < 1.29 is 24.7 Å². The van der Waals surface area contributed by atoms with E-state index in [0.717, 1.165) is 6.07 Å². The summed E-state index contributed by atoms with van der Waals surface area (Å²) in [6.45, 7) is 1.74. The number of ether oxygens (including phenoxy) is 1. The molecule has 2 unspecified atom stereocenters. The number of aliphatic hydroxyl groups excluding tert-OH is 2. The van der Waals surface area contributed by atoms with Crippen LogP contribution in [0.4, 0.5) is 5.69 Å². The van der Waals surface area contributed by atoms with Gasteiger partial charge < -0.3 is 14.9 Å². The topological polar surface area (TPSA) is 110 Å². The van der Waals surface area contributed by atoms with Crippen LogP contribution >= 0.6 is 11.6 Å². The molecule has 7 nitrogen and oxygen atoms in total. The van der Waals surface area contributed by atoms with E-state index in [2.05, 4.69) is 4.74 Å². The molecule has 0 aromatic heterocycles. The zero-order valence-electron chi connectivity index (χ0n) is 10.7. The van der Waals surface area contributed by atoms with E-state index in [4.69, 9.17) is 11.6 Å². The maximum absolute atomic E-state index is 11.2. The smallest absolute Gasteiger partial charge is 0.308 e. The third kappa shape index (κ3) is 4.16. The molecule has 0 saturated heterocycles. The lowest BCUT2D eigenvalue weighted by Crippen LogP contribution is -2.23. The number of benzene rings is 1. The summed E-state index contributed by atoms with van der Waals surface area (Å²) in [5, 5.41) is 30.7. The first-order chi connectivity index (χ1) is 9.36. The predicted molar refractivity (Wildman–Crippen MR) is 70.3 cm³/mol. The molecule has 0 bridgehead atoms. The second kappa shape index (κ2) is 7.18. The van der Waals surface area contributed by atoms with Crippen molar-refractivity contribution in [1.82, 2.24) is 0 Å². The molecule has 0 aliphatic heterocycles. The Labute approximate surface area is 119 Å². The van der Waals surface area contributed by atoms with Crippen molar-refractivity contribution in [3.8, 4) is 0 Å². The minimum atomic E-state index is -1.59. The van der Waals surface area contributed by atoms with Crippen LogP contribution in [-0.4, -0.2) is 33.8 Å². The van der Waals surface area contributed by atoms with Crippen LogP contribution in [0.1, 0.15) is 25.0 Å². The van der Waals surface area contributed by atoms with Gasteiger partial charge in [-0.3, -0.25) is 14.9 Å². The Bertz CT molecular complexity index is 507. The fourth-order valence-corrected chi connectivity index (χ4v) is 1.80. The molecule has 1 aromatic rings. The highest BCUT2D eigenvalue weighted by atomic mass is 35.5. The van der Waals surface area contributed by atoms with E-state index in [9.17, 15) is 25.1 Å². The summed E-state index contributed by atoms with van der Waals surface area (Å²) in [6, 6.07) is 3.65. The highest BCUT2D eigenvalue weighted by Gasteiger charge is 2.28. The van der Waals surface area contributed by atoms with Gasteiger partial charge in [0.25, 0.3) is 5.69 Å². The zero-order valence-corrected chi connectivity index (χ0v) is 11.4.